The molecule has 0 unspecified atom stereocenters. The highest BCUT2D eigenvalue weighted by Gasteiger charge is 2.18. The second-order valence-electron chi connectivity index (χ2n) is 4.86. The number of hydrogen-bond acceptors (Lipinski definition) is 2. The van der Waals surface area contributed by atoms with Crippen molar-refractivity contribution in [1.29, 1.82) is 0 Å². The molecule has 1 N–H and O–H groups in total. The van der Waals surface area contributed by atoms with Crippen LogP contribution in [0.15, 0.2) is 36.4 Å². The molecule has 1 aromatic heterocycles. The average Bonchev–Trinajstić information content (AvgIpc) is 2.77. The normalized spacial score (nSPS) is 11.0. The second kappa shape index (κ2) is 4.70. The van der Waals surface area contributed by atoms with Crippen LogP contribution in [0.4, 0.5) is 4.39 Å². The summed E-state index contributed by atoms with van der Waals surface area (Å²) in [6, 6.07) is 9.67. The van der Waals surface area contributed by atoms with Crippen LogP contribution in [0.3, 0.4) is 0 Å². The molecule has 5 heteroatoms. The Kier molecular flexibility index (Phi) is 2.97. The highest BCUT2D eigenvalue weighted by atomic mass is 19.1. The minimum absolute atomic E-state index is 0.150. The lowest BCUT2D eigenvalue weighted by Gasteiger charge is -2.12. The van der Waals surface area contributed by atoms with Gasteiger partial charge in [-0.15, -0.1) is 0 Å². The summed E-state index contributed by atoms with van der Waals surface area (Å²) >= 11 is 0. The molecule has 0 spiro atoms. The molecule has 0 fully saturated rings. The number of hydrogen-bond donors (Lipinski definition) is 1. The molecule has 3 aromatic rings. The third kappa shape index (κ3) is 1.98. The molecule has 0 aliphatic heterocycles. The van der Waals surface area contributed by atoms with Gasteiger partial charge in [0.25, 0.3) is 0 Å². The number of aryl methyl sites for hydroxylation is 1. The average molecular weight is 284 g/mol. The quantitative estimate of drug-likeness (QED) is 0.783. The third-order valence-electron chi connectivity index (χ3n) is 3.55. The third-order valence-corrected chi connectivity index (χ3v) is 3.55. The van der Waals surface area contributed by atoms with E-state index < -0.39 is 5.97 Å². The molecule has 0 saturated heterocycles. The standard InChI is InChI=1S/C16H13FN2O2/c1-9-12(17)6-4-8-14(9)19-10(2)18-13-7-3-5-11(15(13)19)16(20)21/h3-8H,1-2H3,(H,20,21). The predicted molar refractivity (Wildman–Crippen MR) is 77.5 cm³/mol. The van der Waals surface area contributed by atoms with Crippen molar-refractivity contribution in [2.75, 3.05) is 0 Å². The number of nitrogens with zero attached hydrogens (tertiary/aromatic N) is 2. The van der Waals surface area contributed by atoms with Crippen molar-refractivity contribution in [3.8, 4) is 5.69 Å². The summed E-state index contributed by atoms with van der Waals surface area (Å²) in [5, 5.41) is 9.37. The topological polar surface area (TPSA) is 55.1 Å². The number of carbonyl (C=O) groups is 1. The molecule has 0 bridgehead atoms. The molecule has 0 saturated carbocycles. The van der Waals surface area contributed by atoms with E-state index in [1.807, 2.05) is 0 Å². The molecule has 0 amide bonds. The number of carboxylic acids is 1. The highest BCUT2D eigenvalue weighted by Crippen LogP contribution is 2.27. The van der Waals surface area contributed by atoms with Crippen LogP contribution in [0.5, 0.6) is 0 Å². The SMILES string of the molecule is Cc1c(F)cccc1-n1c(C)nc2cccc(C(=O)O)c21. The number of para-hydroxylation sites is 1. The zero-order valence-corrected chi connectivity index (χ0v) is 11.6. The molecule has 0 aliphatic carbocycles. The molecule has 21 heavy (non-hydrogen) atoms. The Morgan fingerprint density at radius 1 is 1.19 bits per heavy atom. The molecule has 106 valence electrons. The molecule has 0 radical (unpaired) electrons. The van der Waals surface area contributed by atoms with Crippen molar-refractivity contribution in [2.24, 2.45) is 0 Å². The van der Waals surface area contributed by atoms with Gasteiger partial charge in [0.15, 0.2) is 0 Å². The molecular weight excluding hydrogens is 271 g/mol. The van der Waals surface area contributed by atoms with Crippen LogP contribution in [-0.2, 0) is 0 Å². The van der Waals surface area contributed by atoms with Crippen molar-refractivity contribution in [1.82, 2.24) is 9.55 Å². The minimum atomic E-state index is -1.03. The Labute approximate surface area is 120 Å². The van der Waals surface area contributed by atoms with Crippen LogP contribution in [0.25, 0.3) is 16.7 Å². The number of aromatic nitrogens is 2. The van der Waals surface area contributed by atoms with Crippen molar-refractivity contribution in [3.63, 3.8) is 0 Å². The van der Waals surface area contributed by atoms with Crippen LogP contribution < -0.4 is 0 Å². The second-order valence-corrected chi connectivity index (χ2v) is 4.86. The first kappa shape index (κ1) is 13.3. The van der Waals surface area contributed by atoms with E-state index in [-0.39, 0.29) is 11.4 Å². The number of benzene rings is 2. The molecule has 0 aliphatic rings. The summed E-state index contributed by atoms with van der Waals surface area (Å²) in [5.41, 5.74) is 2.27. The van der Waals surface area contributed by atoms with Gasteiger partial charge in [-0.05, 0) is 38.1 Å². The number of imidazole rings is 1. The zero-order chi connectivity index (χ0) is 15.1. The van der Waals surface area contributed by atoms with Gasteiger partial charge in [0.1, 0.15) is 11.6 Å². The van der Waals surface area contributed by atoms with Crippen molar-refractivity contribution >= 4 is 17.0 Å². The molecule has 4 nitrogen and oxygen atoms in total. The summed E-state index contributed by atoms with van der Waals surface area (Å²) in [4.78, 5) is 15.8. The summed E-state index contributed by atoms with van der Waals surface area (Å²) in [5.74, 6) is -0.746. The van der Waals surface area contributed by atoms with E-state index in [0.717, 1.165) is 0 Å². The van der Waals surface area contributed by atoms with E-state index in [2.05, 4.69) is 4.98 Å². The molecule has 1 heterocycles. The maximum atomic E-state index is 13.8. The number of fused-ring (bicyclic) bond motifs is 1. The van der Waals surface area contributed by atoms with Crippen LogP contribution in [0, 0.1) is 19.7 Å². The van der Waals surface area contributed by atoms with Gasteiger partial charge >= 0.3 is 5.97 Å². The smallest absolute Gasteiger partial charge is 0.337 e. The molecule has 0 atom stereocenters. The number of aromatic carboxylic acids is 1. The van der Waals surface area contributed by atoms with Gasteiger partial charge in [0.2, 0.25) is 0 Å². The minimum Gasteiger partial charge on any atom is -0.478 e. The fraction of sp³-hybridized carbons (Fsp3) is 0.125. The van der Waals surface area contributed by atoms with Gasteiger partial charge in [-0.3, -0.25) is 4.57 Å². The first-order chi connectivity index (χ1) is 10.0. The zero-order valence-electron chi connectivity index (χ0n) is 11.6. The predicted octanol–water partition coefficient (Wildman–Crippen LogP) is 3.48. The number of rotatable bonds is 2. The monoisotopic (exact) mass is 284 g/mol. The van der Waals surface area contributed by atoms with E-state index in [1.54, 1.807) is 42.7 Å². The summed E-state index contributed by atoms with van der Waals surface area (Å²) < 4.78 is 15.5. The highest BCUT2D eigenvalue weighted by molar-refractivity contribution is 6.02. The fourth-order valence-corrected chi connectivity index (χ4v) is 2.55. The van der Waals surface area contributed by atoms with Crippen molar-refractivity contribution in [3.05, 3.63) is 59.2 Å². The van der Waals surface area contributed by atoms with E-state index in [0.29, 0.717) is 28.1 Å². The maximum absolute atomic E-state index is 13.8. The van der Waals surface area contributed by atoms with Crippen molar-refractivity contribution < 1.29 is 14.3 Å². The summed E-state index contributed by atoms with van der Waals surface area (Å²) in [6.45, 7) is 3.44. The van der Waals surface area contributed by atoms with Crippen LogP contribution in [0.2, 0.25) is 0 Å². The Morgan fingerprint density at radius 2 is 1.90 bits per heavy atom. The molecule has 2 aromatic carbocycles. The largest absolute Gasteiger partial charge is 0.478 e. The van der Waals surface area contributed by atoms with Gasteiger partial charge in [0, 0.05) is 5.56 Å². The lowest BCUT2D eigenvalue weighted by molar-refractivity contribution is 0.0698. The van der Waals surface area contributed by atoms with Gasteiger partial charge in [0.05, 0.1) is 22.3 Å². The van der Waals surface area contributed by atoms with E-state index >= 15 is 0 Å². The molecular formula is C16H13FN2O2. The van der Waals surface area contributed by atoms with Gasteiger partial charge in [-0.1, -0.05) is 12.1 Å². The first-order valence-electron chi connectivity index (χ1n) is 6.47. The number of halogens is 1. The Hall–Kier alpha value is -2.69. The van der Waals surface area contributed by atoms with Gasteiger partial charge < -0.3 is 5.11 Å². The van der Waals surface area contributed by atoms with Crippen LogP contribution in [-0.4, -0.2) is 20.6 Å². The van der Waals surface area contributed by atoms with E-state index in [9.17, 15) is 14.3 Å². The summed E-state index contributed by atoms with van der Waals surface area (Å²) in [6.07, 6.45) is 0. The van der Waals surface area contributed by atoms with E-state index in [4.69, 9.17) is 0 Å². The summed E-state index contributed by atoms with van der Waals surface area (Å²) in [7, 11) is 0. The van der Waals surface area contributed by atoms with Gasteiger partial charge in [-0.2, -0.15) is 0 Å². The van der Waals surface area contributed by atoms with Crippen molar-refractivity contribution in [2.45, 2.75) is 13.8 Å². The first-order valence-corrected chi connectivity index (χ1v) is 6.47. The number of carboxylic acid groups (broad SMARTS) is 1. The van der Waals surface area contributed by atoms with Gasteiger partial charge in [-0.25, -0.2) is 14.2 Å². The van der Waals surface area contributed by atoms with E-state index in [1.165, 1.54) is 12.1 Å². The van der Waals surface area contributed by atoms with Crippen LogP contribution in [0.1, 0.15) is 21.7 Å². The lowest BCUT2D eigenvalue weighted by Crippen LogP contribution is -2.05. The Balaban J connectivity index is 2.45. The maximum Gasteiger partial charge on any atom is 0.337 e. The fourth-order valence-electron chi connectivity index (χ4n) is 2.55. The van der Waals surface area contributed by atoms with Crippen LogP contribution >= 0.6 is 0 Å². The Bertz CT molecular complexity index is 868. The lowest BCUT2D eigenvalue weighted by atomic mass is 10.1. The molecule has 3 rings (SSSR count). The Morgan fingerprint density at radius 3 is 2.62 bits per heavy atom.